The van der Waals surface area contributed by atoms with Gasteiger partial charge in [0, 0.05) is 28.9 Å². The fraction of sp³-hybridized carbons (Fsp3) is 0.278. The molecule has 2 bridgehead atoms. The Morgan fingerprint density at radius 1 is 1.13 bits per heavy atom. The summed E-state index contributed by atoms with van der Waals surface area (Å²) in [6, 6.07) is 15.1. The largest absolute Gasteiger partial charge is 0.367 e. The molecule has 4 nitrogen and oxygen atoms in total. The first-order valence-corrected chi connectivity index (χ1v) is 8.12. The van der Waals surface area contributed by atoms with Crippen LogP contribution in [0.1, 0.15) is 28.4 Å². The van der Waals surface area contributed by atoms with E-state index in [0.717, 1.165) is 24.2 Å². The summed E-state index contributed by atoms with van der Waals surface area (Å²) in [7, 11) is 0. The van der Waals surface area contributed by atoms with Crippen LogP contribution in [-0.2, 0) is 4.74 Å². The van der Waals surface area contributed by atoms with Crippen molar-refractivity contribution in [1.29, 1.82) is 0 Å². The number of anilines is 1. The van der Waals surface area contributed by atoms with Crippen molar-refractivity contribution in [2.45, 2.75) is 24.7 Å². The number of benzene rings is 2. The van der Waals surface area contributed by atoms with E-state index in [4.69, 9.17) is 16.3 Å². The molecule has 1 amide bonds. The second-order valence-corrected chi connectivity index (χ2v) is 6.45. The van der Waals surface area contributed by atoms with Crippen molar-refractivity contribution >= 4 is 23.2 Å². The summed E-state index contributed by atoms with van der Waals surface area (Å²) in [5.74, 6) is -0.146. The molecule has 0 aromatic heterocycles. The summed E-state index contributed by atoms with van der Waals surface area (Å²) < 4.78 is 5.99. The van der Waals surface area contributed by atoms with Gasteiger partial charge in [0.05, 0.1) is 12.2 Å². The van der Waals surface area contributed by atoms with E-state index >= 15 is 0 Å². The van der Waals surface area contributed by atoms with Gasteiger partial charge >= 0.3 is 0 Å². The van der Waals surface area contributed by atoms with Crippen molar-refractivity contribution < 1.29 is 9.53 Å². The van der Waals surface area contributed by atoms with Crippen LogP contribution in [0.2, 0.25) is 5.02 Å². The van der Waals surface area contributed by atoms with Gasteiger partial charge in [-0.1, -0.05) is 23.7 Å². The molecule has 3 atom stereocenters. The third-order valence-electron chi connectivity index (χ3n) is 4.43. The number of hydrogen-bond donors (Lipinski definition) is 2. The highest BCUT2D eigenvalue weighted by molar-refractivity contribution is 6.30. The Bertz CT molecular complexity index is 715. The minimum absolute atomic E-state index is 0.120. The molecule has 2 N–H and O–H groups in total. The maximum absolute atomic E-state index is 12.2. The van der Waals surface area contributed by atoms with E-state index < -0.39 is 0 Å². The fourth-order valence-electron chi connectivity index (χ4n) is 3.24. The molecule has 0 aliphatic carbocycles. The molecular weight excluding hydrogens is 312 g/mol. The third-order valence-corrected chi connectivity index (χ3v) is 4.68. The average Bonchev–Trinajstić information content (AvgIpc) is 3.19. The summed E-state index contributed by atoms with van der Waals surface area (Å²) in [5, 5.41) is 6.98. The van der Waals surface area contributed by atoms with Crippen LogP contribution in [0.5, 0.6) is 0 Å². The van der Waals surface area contributed by atoms with E-state index in [0.29, 0.717) is 22.7 Å². The van der Waals surface area contributed by atoms with E-state index in [-0.39, 0.29) is 12.0 Å². The van der Waals surface area contributed by atoms with Gasteiger partial charge in [-0.2, -0.15) is 0 Å². The number of amides is 1. The number of carbonyl (C=O) groups is 1. The van der Waals surface area contributed by atoms with E-state index in [1.807, 2.05) is 24.3 Å². The molecule has 4 rings (SSSR count). The Hall–Kier alpha value is -1.88. The summed E-state index contributed by atoms with van der Waals surface area (Å²) in [4.78, 5) is 12.2. The lowest BCUT2D eigenvalue weighted by molar-refractivity contribution is 0.0160. The minimum Gasteiger partial charge on any atom is -0.367 e. The van der Waals surface area contributed by atoms with Crippen LogP contribution < -0.4 is 10.6 Å². The van der Waals surface area contributed by atoms with Crippen molar-refractivity contribution in [1.82, 2.24) is 5.32 Å². The summed E-state index contributed by atoms with van der Waals surface area (Å²) in [6.07, 6.45) is 1.55. The van der Waals surface area contributed by atoms with Crippen LogP contribution in [-0.4, -0.2) is 24.6 Å². The number of morpholine rings is 1. The molecule has 2 aliphatic heterocycles. The van der Waals surface area contributed by atoms with Crippen LogP contribution >= 0.6 is 11.6 Å². The molecule has 0 unspecified atom stereocenters. The summed E-state index contributed by atoms with van der Waals surface area (Å²) >= 11 is 5.83. The zero-order chi connectivity index (χ0) is 15.8. The first kappa shape index (κ1) is 14.7. The summed E-state index contributed by atoms with van der Waals surface area (Å²) in [6.45, 7) is 0.955. The van der Waals surface area contributed by atoms with Gasteiger partial charge in [0.15, 0.2) is 0 Å². The van der Waals surface area contributed by atoms with Crippen molar-refractivity contribution in [3.8, 4) is 0 Å². The molecule has 2 aliphatic rings. The van der Waals surface area contributed by atoms with Gasteiger partial charge in [0.2, 0.25) is 0 Å². The minimum atomic E-state index is -0.146. The molecule has 2 heterocycles. The van der Waals surface area contributed by atoms with Gasteiger partial charge in [0.1, 0.15) is 0 Å². The molecule has 2 saturated heterocycles. The predicted octanol–water partition coefficient (Wildman–Crippen LogP) is 3.39. The Balaban J connectivity index is 1.44. The van der Waals surface area contributed by atoms with Crippen molar-refractivity contribution in [2.75, 3.05) is 11.9 Å². The number of halogens is 1. The standard InChI is InChI=1S/C18H17ClN2O2/c19-13-5-1-12(2-6-13)18(22)21-14-7-3-11(4-8-14)17-16-9-15(23-17)10-20-16/h1-8,15-17,20H,9-10H2,(H,21,22)/t15-,16-,17+/m0/s1. The molecule has 2 aromatic carbocycles. The van der Waals surface area contributed by atoms with Gasteiger partial charge in [0.25, 0.3) is 5.91 Å². The number of carbonyl (C=O) groups excluding carboxylic acids is 1. The van der Waals surface area contributed by atoms with E-state index in [9.17, 15) is 4.79 Å². The van der Waals surface area contributed by atoms with Crippen molar-refractivity contribution in [3.63, 3.8) is 0 Å². The zero-order valence-corrected chi connectivity index (χ0v) is 13.2. The normalized spacial score (nSPS) is 25.5. The van der Waals surface area contributed by atoms with E-state index in [1.165, 1.54) is 0 Å². The van der Waals surface area contributed by atoms with Crippen molar-refractivity contribution in [2.24, 2.45) is 0 Å². The Morgan fingerprint density at radius 2 is 1.87 bits per heavy atom. The van der Waals surface area contributed by atoms with Gasteiger partial charge in [-0.25, -0.2) is 0 Å². The molecule has 0 saturated carbocycles. The van der Waals surface area contributed by atoms with Crippen LogP contribution in [0.3, 0.4) is 0 Å². The maximum atomic E-state index is 12.2. The lowest BCUT2D eigenvalue weighted by Crippen LogP contribution is -2.33. The molecule has 2 aromatic rings. The first-order valence-electron chi connectivity index (χ1n) is 7.75. The Labute approximate surface area is 139 Å². The Morgan fingerprint density at radius 3 is 2.48 bits per heavy atom. The second-order valence-electron chi connectivity index (χ2n) is 6.01. The molecule has 0 radical (unpaired) electrons. The third kappa shape index (κ3) is 2.98. The lowest BCUT2D eigenvalue weighted by Gasteiger charge is -2.23. The highest BCUT2D eigenvalue weighted by atomic mass is 35.5. The maximum Gasteiger partial charge on any atom is 0.255 e. The molecular formula is C18H17ClN2O2. The quantitative estimate of drug-likeness (QED) is 0.908. The zero-order valence-electron chi connectivity index (χ0n) is 12.5. The highest BCUT2D eigenvalue weighted by Gasteiger charge is 2.41. The number of nitrogens with one attached hydrogen (secondary N) is 2. The first-order chi connectivity index (χ1) is 11.2. The molecule has 2 fully saturated rings. The molecule has 23 heavy (non-hydrogen) atoms. The van der Waals surface area contributed by atoms with Gasteiger partial charge in [-0.15, -0.1) is 0 Å². The van der Waals surface area contributed by atoms with E-state index in [2.05, 4.69) is 10.6 Å². The molecule has 0 spiro atoms. The average molecular weight is 329 g/mol. The second kappa shape index (κ2) is 5.96. The predicted molar refractivity (Wildman–Crippen MR) is 89.9 cm³/mol. The number of hydrogen-bond acceptors (Lipinski definition) is 3. The molecule has 118 valence electrons. The lowest BCUT2D eigenvalue weighted by atomic mass is 10.0. The van der Waals surface area contributed by atoms with E-state index in [1.54, 1.807) is 24.3 Å². The Kier molecular flexibility index (Phi) is 3.81. The van der Waals surface area contributed by atoms with Gasteiger partial charge in [-0.3, -0.25) is 4.79 Å². The number of rotatable bonds is 3. The van der Waals surface area contributed by atoms with Gasteiger partial charge < -0.3 is 15.4 Å². The number of fused-ring (bicyclic) bond motifs is 2. The topological polar surface area (TPSA) is 50.4 Å². The van der Waals surface area contributed by atoms with Crippen LogP contribution in [0.25, 0.3) is 0 Å². The highest BCUT2D eigenvalue weighted by Crippen LogP contribution is 2.37. The van der Waals surface area contributed by atoms with Crippen LogP contribution in [0, 0.1) is 0 Å². The smallest absolute Gasteiger partial charge is 0.255 e. The number of ether oxygens (including phenoxy) is 1. The fourth-order valence-corrected chi connectivity index (χ4v) is 3.37. The van der Waals surface area contributed by atoms with Gasteiger partial charge in [-0.05, 0) is 48.4 Å². The van der Waals surface area contributed by atoms with Crippen molar-refractivity contribution in [3.05, 3.63) is 64.7 Å². The van der Waals surface area contributed by atoms with Crippen LogP contribution in [0.15, 0.2) is 48.5 Å². The van der Waals surface area contributed by atoms with Crippen LogP contribution in [0.4, 0.5) is 5.69 Å². The molecule has 5 heteroatoms. The SMILES string of the molecule is O=C(Nc1ccc([C@H]2O[C@@H]3CN[C@H]2C3)cc1)c1ccc(Cl)cc1. The summed E-state index contributed by atoms with van der Waals surface area (Å²) in [5.41, 5.74) is 2.50. The monoisotopic (exact) mass is 328 g/mol.